The van der Waals surface area contributed by atoms with Gasteiger partial charge in [-0.2, -0.15) is 0 Å². The van der Waals surface area contributed by atoms with Crippen LogP contribution in [0, 0.1) is 20.2 Å². The third-order valence-electron chi connectivity index (χ3n) is 3.86. The molecule has 2 aromatic carbocycles. The molecular formula is C17H11N3O7S. The standard InChI is InChI=1S/C17H11N3O7S/c21-14-6-3-11(7-13(14)20(26)27)8-15-16(22)18(17(23)28-15)9-10-1-4-12(5-2-10)19(24)25/h1-8,21H,9H2/b15-8-. The van der Waals surface area contributed by atoms with E-state index >= 15 is 0 Å². The predicted octanol–water partition coefficient (Wildman–Crippen LogP) is 3.45. The van der Waals surface area contributed by atoms with Crippen molar-refractivity contribution in [3.05, 3.63) is 78.7 Å². The Kier molecular flexibility index (Phi) is 5.09. The van der Waals surface area contributed by atoms with Crippen LogP contribution in [0.3, 0.4) is 0 Å². The first kappa shape index (κ1) is 19.0. The number of nitro benzene ring substituents is 2. The van der Waals surface area contributed by atoms with Crippen molar-refractivity contribution in [2.24, 2.45) is 0 Å². The Bertz CT molecular complexity index is 1030. The highest BCUT2D eigenvalue weighted by Crippen LogP contribution is 2.35. The fraction of sp³-hybridized carbons (Fsp3) is 0.0588. The highest BCUT2D eigenvalue weighted by atomic mass is 32.2. The molecule has 0 saturated carbocycles. The number of carbonyl (C=O) groups excluding carboxylic acids is 2. The molecule has 0 aromatic heterocycles. The molecule has 0 bridgehead atoms. The Morgan fingerprint density at radius 3 is 2.32 bits per heavy atom. The zero-order chi connectivity index (χ0) is 20.4. The van der Waals surface area contributed by atoms with E-state index in [-0.39, 0.29) is 22.7 Å². The highest BCUT2D eigenvalue weighted by Gasteiger charge is 2.35. The van der Waals surface area contributed by atoms with Crippen LogP contribution in [0.15, 0.2) is 47.4 Å². The van der Waals surface area contributed by atoms with Gasteiger partial charge in [0, 0.05) is 18.2 Å². The number of aromatic hydroxyl groups is 1. The summed E-state index contributed by atoms with van der Waals surface area (Å²) in [6, 6.07) is 9.07. The van der Waals surface area contributed by atoms with Gasteiger partial charge in [0.1, 0.15) is 0 Å². The van der Waals surface area contributed by atoms with Crippen molar-refractivity contribution in [2.45, 2.75) is 6.54 Å². The molecule has 0 atom stereocenters. The fourth-order valence-electron chi connectivity index (χ4n) is 2.47. The summed E-state index contributed by atoms with van der Waals surface area (Å²) in [5, 5.41) is 30.5. The van der Waals surface area contributed by atoms with Crippen LogP contribution in [0.2, 0.25) is 0 Å². The minimum atomic E-state index is -0.757. The van der Waals surface area contributed by atoms with Gasteiger partial charge < -0.3 is 5.11 Å². The first-order chi connectivity index (χ1) is 13.3. The number of phenolic OH excluding ortho intramolecular Hbond substituents is 1. The number of carbonyl (C=O) groups is 2. The van der Waals surface area contributed by atoms with Crippen molar-refractivity contribution in [1.29, 1.82) is 0 Å². The summed E-state index contributed by atoms with van der Waals surface area (Å²) in [6.07, 6.45) is 1.33. The third-order valence-corrected chi connectivity index (χ3v) is 4.76. The predicted molar refractivity (Wildman–Crippen MR) is 99.4 cm³/mol. The second-order valence-corrected chi connectivity index (χ2v) is 6.69. The number of phenols is 1. The van der Waals surface area contributed by atoms with Gasteiger partial charge in [0.2, 0.25) is 0 Å². The average Bonchev–Trinajstić information content (AvgIpc) is 2.91. The van der Waals surface area contributed by atoms with E-state index in [1.54, 1.807) is 0 Å². The Hall–Kier alpha value is -3.73. The molecule has 1 saturated heterocycles. The lowest BCUT2D eigenvalue weighted by molar-refractivity contribution is -0.385. The topological polar surface area (TPSA) is 144 Å². The Balaban J connectivity index is 1.81. The number of thioether (sulfide) groups is 1. The van der Waals surface area contributed by atoms with Crippen molar-refractivity contribution < 1.29 is 24.5 Å². The Morgan fingerprint density at radius 1 is 1.04 bits per heavy atom. The van der Waals surface area contributed by atoms with Gasteiger partial charge >= 0.3 is 5.69 Å². The minimum Gasteiger partial charge on any atom is -0.502 e. The largest absolute Gasteiger partial charge is 0.502 e. The van der Waals surface area contributed by atoms with Gasteiger partial charge in [-0.1, -0.05) is 18.2 Å². The van der Waals surface area contributed by atoms with Crippen molar-refractivity contribution in [3.63, 3.8) is 0 Å². The SMILES string of the molecule is O=C1S/C(=C\c2ccc(O)c([N+](=O)[O-])c2)C(=O)N1Cc1ccc([N+](=O)[O-])cc1. The molecule has 0 spiro atoms. The molecular weight excluding hydrogens is 390 g/mol. The van der Waals surface area contributed by atoms with Gasteiger partial charge in [-0.05, 0) is 35.0 Å². The summed E-state index contributed by atoms with van der Waals surface area (Å²) in [6.45, 7) is -0.0598. The first-order valence-electron chi connectivity index (χ1n) is 7.72. The lowest BCUT2D eigenvalue weighted by Crippen LogP contribution is -2.27. The van der Waals surface area contributed by atoms with E-state index in [4.69, 9.17) is 0 Å². The molecule has 28 heavy (non-hydrogen) atoms. The third kappa shape index (κ3) is 3.83. The summed E-state index contributed by atoms with van der Waals surface area (Å²) in [4.78, 5) is 46.0. The number of imide groups is 1. The van der Waals surface area contributed by atoms with E-state index in [0.29, 0.717) is 17.3 Å². The molecule has 0 aliphatic carbocycles. The van der Waals surface area contributed by atoms with Crippen LogP contribution < -0.4 is 0 Å². The number of hydrogen-bond acceptors (Lipinski definition) is 8. The number of hydrogen-bond donors (Lipinski definition) is 1. The van der Waals surface area contributed by atoms with E-state index in [0.717, 1.165) is 17.0 Å². The first-order valence-corrected chi connectivity index (χ1v) is 8.54. The van der Waals surface area contributed by atoms with Crippen molar-refractivity contribution in [2.75, 3.05) is 0 Å². The second-order valence-electron chi connectivity index (χ2n) is 5.70. The normalized spacial score (nSPS) is 15.3. The number of nitro groups is 2. The smallest absolute Gasteiger partial charge is 0.311 e. The monoisotopic (exact) mass is 401 g/mol. The number of benzene rings is 2. The zero-order valence-corrected chi connectivity index (χ0v) is 14.8. The van der Waals surface area contributed by atoms with Crippen molar-refractivity contribution >= 4 is 40.4 Å². The fourth-order valence-corrected chi connectivity index (χ4v) is 3.31. The van der Waals surface area contributed by atoms with Gasteiger partial charge in [-0.25, -0.2) is 0 Å². The maximum Gasteiger partial charge on any atom is 0.311 e. The van der Waals surface area contributed by atoms with Crippen molar-refractivity contribution in [1.82, 2.24) is 4.90 Å². The summed E-state index contributed by atoms with van der Waals surface area (Å²) < 4.78 is 0. The van der Waals surface area contributed by atoms with E-state index in [1.165, 1.54) is 36.4 Å². The van der Waals surface area contributed by atoms with Crippen LogP contribution >= 0.6 is 11.8 Å². The average molecular weight is 401 g/mol. The van der Waals surface area contributed by atoms with Crippen LogP contribution in [-0.2, 0) is 11.3 Å². The molecule has 1 fully saturated rings. The molecule has 0 radical (unpaired) electrons. The number of amides is 2. The van der Waals surface area contributed by atoms with Crippen LogP contribution in [-0.4, -0.2) is 31.0 Å². The maximum absolute atomic E-state index is 12.5. The van der Waals surface area contributed by atoms with Crippen LogP contribution in [0.1, 0.15) is 11.1 Å². The molecule has 142 valence electrons. The molecule has 1 N–H and O–H groups in total. The van der Waals surface area contributed by atoms with Gasteiger partial charge in [0.05, 0.1) is 21.3 Å². The van der Waals surface area contributed by atoms with Gasteiger partial charge in [-0.3, -0.25) is 34.7 Å². The molecule has 1 aliphatic rings. The zero-order valence-electron chi connectivity index (χ0n) is 14.0. The van der Waals surface area contributed by atoms with E-state index < -0.39 is 32.4 Å². The molecule has 10 nitrogen and oxygen atoms in total. The number of rotatable bonds is 5. The van der Waals surface area contributed by atoms with Crippen LogP contribution in [0.5, 0.6) is 5.75 Å². The Labute approximate surface area is 161 Å². The van der Waals surface area contributed by atoms with E-state index in [2.05, 4.69) is 0 Å². The molecule has 3 rings (SSSR count). The summed E-state index contributed by atoms with van der Waals surface area (Å²) in [5.41, 5.74) is 0.199. The molecule has 2 aromatic rings. The van der Waals surface area contributed by atoms with Gasteiger partial charge in [0.15, 0.2) is 5.75 Å². The lowest BCUT2D eigenvalue weighted by Gasteiger charge is -2.12. The highest BCUT2D eigenvalue weighted by molar-refractivity contribution is 8.18. The summed E-state index contributed by atoms with van der Waals surface area (Å²) in [7, 11) is 0. The van der Waals surface area contributed by atoms with Crippen molar-refractivity contribution in [3.8, 4) is 5.75 Å². The summed E-state index contributed by atoms with van der Waals surface area (Å²) in [5.74, 6) is -1.09. The molecule has 11 heteroatoms. The second kappa shape index (κ2) is 7.48. The van der Waals surface area contributed by atoms with E-state index in [1.807, 2.05) is 0 Å². The minimum absolute atomic E-state index is 0.0598. The maximum atomic E-state index is 12.5. The van der Waals surface area contributed by atoms with Crippen LogP contribution in [0.25, 0.3) is 6.08 Å². The molecule has 0 unspecified atom stereocenters. The summed E-state index contributed by atoms with van der Waals surface area (Å²) >= 11 is 0.680. The number of non-ortho nitro benzene ring substituents is 1. The van der Waals surface area contributed by atoms with Gasteiger partial charge in [-0.15, -0.1) is 0 Å². The van der Waals surface area contributed by atoms with Gasteiger partial charge in [0.25, 0.3) is 16.8 Å². The lowest BCUT2D eigenvalue weighted by atomic mass is 10.1. The number of nitrogens with zero attached hydrogens (tertiary/aromatic N) is 3. The molecule has 2 amide bonds. The van der Waals surface area contributed by atoms with Crippen LogP contribution in [0.4, 0.5) is 16.2 Å². The van der Waals surface area contributed by atoms with E-state index in [9.17, 15) is 34.9 Å². The molecule has 1 aliphatic heterocycles. The molecule has 1 heterocycles. The Morgan fingerprint density at radius 2 is 1.71 bits per heavy atom. The quantitative estimate of drug-likeness (QED) is 0.456.